The Morgan fingerprint density at radius 2 is 1.94 bits per heavy atom. The van der Waals surface area contributed by atoms with Crippen LogP contribution in [0, 0.1) is 5.92 Å². The summed E-state index contributed by atoms with van der Waals surface area (Å²) in [6, 6.07) is 0.260. The van der Waals surface area contributed by atoms with E-state index in [0.29, 0.717) is 5.92 Å². The van der Waals surface area contributed by atoms with Crippen molar-refractivity contribution in [3.8, 4) is 0 Å². The maximum atomic E-state index is 11.5. The molecule has 16 heavy (non-hydrogen) atoms. The van der Waals surface area contributed by atoms with Crippen LogP contribution < -0.4 is 16.4 Å². The summed E-state index contributed by atoms with van der Waals surface area (Å²) in [6.45, 7) is 2.11. The molecule has 2 unspecified atom stereocenters. The predicted octanol–water partition coefficient (Wildman–Crippen LogP) is -0.244. The van der Waals surface area contributed by atoms with E-state index in [0.717, 1.165) is 6.42 Å². The van der Waals surface area contributed by atoms with Crippen LogP contribution in [0.3, 0.4) is 0 Å². The Kier molecular flexibility index (Phi) is 5.25. The molecule has 0 spiro atoms. The Hall–Kier alpha value is -1.10. The van der Waals surface area contributed by atoms with E-state index >= 15 is 0 Å². The van der Waals surface area contributed by atoms with Crippen LogP contribution in [0.25, 0.3) is 0 Å². The first-order chi connectivity index (χ1) is 7.63. The lowest BCUT2D eigenvalue weighted by atomic mass is 9.86. The third-order valence-corrected chi connectivity index (χ3v) is 3.09. The molecule has 1 fully saturated rings. The second-order valence-corrected chi connectivity index (χ2v) is 4.42. The van der Waals surface area contributed by atoms with E-state index in [-0.39, 0.29) is 30.9 Å². The minimum atomic E-state index is -0.299. The van der Waals surface area contributed by atoms with E-state index in [4.69, 9.17) is 5.73 Å². The smallest absolute Gasteiger partial charge is 0.239 e. The number of nitrogens with two attached hydrogens (primary N) is 1. The lowest BCUT2D eigenvalue weighted by Gasteiger charge is -2.29. The van der Waals surface area contributed by atoms with E-state index in [1.54, 1.807) is 0 Å². The average Bonchev–Trinajstić information content (AvgIpc) is 2.29. The number of hydrogen-bond donors (Lipinski definition) is 3. The maximum Gasteiger partial charge on any atom is 0.239 e. The molecule has 1 aliphatic carbocycles. The fourth-order valence-electron chi connectivity index (χ4n) is 2.04. The molecular formula is C11H21N3O2. The first kappa shape index (κ1) is 13.0. The molecule has 5 heteroatoms. The van der Waals surface area contributed by atoms with Crippen molar-refractivity contribution in [1.29, 1.82) is 0 Å². The van der Waals surface area contributed by atoms with Crippen molar-refractivity contribution < 1.29 is 9.59 Å². The van der Waals surface area contributed by atoms with Gasteiger partial charge in [-0.3, -0.25) is 9.59 Å². The van der Waals surface area contributed by atoms with Gasteiger partial charge in [0.05, 0.1) is 13.1 Å². The van der Waals surface area contributed by atoms with Gasteiger partial charge in [-0.15, -0.1) is 0 Å². The summed E-state index contributed by atoms with van der Waals surface area (Å²) in [5, 5.41) is 5.41. The van der Waals surface area contributed by atoms with E-state index in [1.807, 2.05) is 0 Å². The Bertz CT molecular complexity index is 256. The van der Waals surface area contributed by atoms with Crippen molar-refractivity contribution in [2.24, 2.45) is 11.7 Å². The van der Waals surface area contributed by atoms with Crippen LogP contribution in [0.2, 0.25) is 0 Å². The van der Waals surface area contributed by atoms with Crippen molar-refractivity contribution in [2.45, 2.75) is 38.6 Å². The van der Waals surface area contributed by atoms with E-state index in [2.05, 4.69) is 17.6 Å². The normalized spacial score (nSPS) is 24.9. The molecule has 0 bridgehead atoms. The summed E-state index contributed by atoms with van der Waals surface area (Å²) in [5.74, 6) is 0.107. The van der Waals surface area contributed by atoms with Gasteiger partial charge in [0, 0.05) is 6.04 Å². The van der Waals surface area contributed by atoms with Crippen LogP contribution in [0.4, 0.5) is 0 Å². The SMILES string of the molecule is CC1CCCCC1NC(=O)CNC(=O)CN. The summed E-state index contributed by atoms with van der Waals surface area (Å²) >= 11 is 0. The molecule has 5 nitrogen and oxygen atoms in total. The van der Waals surface area contributed by atoms with Crippen molar-refractivity contribution >= 4 is 11.8 Å². The molecule has 1 rings (SSSR count). The topological polar surface area (TPSA) is 84.2 Å². The van der Waals surface area contributed by atoms with Gasteiger partial charge in [0.2, 0.25) is 11.8 Å². The Labute approximate surface area is 96.1 Å². The molecule has 0 heterocycles. The van der Waals surface area contributed by atoms with Crippen LogP contribution in [0.1, 0.15) is 32.6 Å². The highest BCUT2D eigenvalue weighted by atomic mass is 16.2. The zero-order valence-corrected chi connectivity index (χ0v) is 9.79. The molecule has 0 aromatic rings. The summed E-state index contributed by atoms with van der Waals surface area (Å²) in [6.07, 6.45) is 4.62. The van der Waals surface area contributed by atoms with Gasteiger partial charge in [-0.2, -0.15) is 0 Å². The van der Waals surface area contributed by atoms with Crippen LogP contribution in [0.5, 0.6) is 0 Å². The van der Waals surface area contributed by atoms with Crippen LogP contribution in [-0.2, 0) is 9.59 Å². The van der Waals surface area contributed by atoms with Crippen molar-refractivity contribution in [2.75, 3.05) is 13.1 Å². The largest absolute Gasteiger partial charge is 0.352 e. The van der Waals surface area contributed by atoms with Crippen molar-refractivity contribution in [1.82, 2.24) is 10.6 Å². The summed E-state index contributed by atoms with van der Waals surface area (Å²) in [7, 11) is 0. The van der Waals surface area contributed by atoms with E-state index in [9.17, 15) is 9.59 Å². The first-order valence-corrected chi connectivity index (χ1v) is 5.89. The number of carbonyl (C=O) groups excluding carboxylic acids is 2. The Balaban J connectivity index is 2.24. The first-order valence-electron chi connectivity index (χ1n) is 5.89. The standard InChI is InChI=1S/C11H21N3O2/c1-8-4-2-3-5-9(8)14-11(16)7-13-10(15)6-12/h8-9H,2-7,12H2,1H3,(H,13,15)(H,14,16). The minimum absolute atomic E-state index is 0.0270. The second kappa shape index (κ2) is 6.48. The molecule has 2 amide bonds. The molecular weight excluding hydrogens is 206 g/mol. The monoisotopic (exact) mass is 227 g/mol. The molecule has 92 valence electrons. The van der Waals surface area contributed by atoms with Crippen molar-refractivity contribution in [3.05, 3.63) is 0 Å². The van der Waals surface area contributed by atoms with Gasteiger partial charge in [0.1, 0.15) is 0 Å². The number of carbonyl (C=O) groups is 2. The molecule has 0 radical (unpaired) electrons. The third kappa shape index (κ3) is 4.18. The number of rotatable bonds is 4. The molecule has 1 aliphatic rings. The van der Waals surface area contributed by atoms with Gasteiger partial charge in [-0.25, -0.2) is 0 Å². The third-order valence-electron chi connectivity index (χ3n) is 3.09. The summed E-state index contributed by atoms with van der Waals surface area (Å²) in [5.41, 5.74) is 5.12. The molecule has 0 aromatic carbocycles. The highest BCUT2D eigenvalue weighted by Gasteiger charge is 2.22. The summed E-state index contributed by atoms with van der Waals surface area (Å²) in [4.78, 5) is 22.4. The van der Waals surface area contributed by atoms with E-state index < -0.39 is 0 Å². The molecule has 1 saturated carbocycles. The molecule has 0 saturated heterocycles. The molecule has 0 aliphatic heterocycles. The van der Waals surface area contributed by atoms with Crippen LogP contribution >= 0.6 is 0 Å². The van der Waals surface area contributed by atoms with Gasteiger partial charge >= 0.3 is 0 Å². The zero-order valence-electron chi connectivity index (χ0n) is 9.79. The number of amides is 2. The quantitative estimate of drug-likeness (QED) is 0.619. The lowest BCUT2D eigenvalue weighted by Crippen LogP contribution is -2.46. The van der Waals surface area contributed by atoms with Gasteiger partial charge in [0.15, 0.2) is 0 Å². The van der Waals surface area contributed by atoms with Gasteiger partial charge in [0.25, 0.3) is 0 Å². The maximum absolute atomic E-state index is 11.5. The lowest BCUT2D eigenvalue weighted by molar-refractivity contribution is -0.126. The Morgan fingerprint density at radius 3 is 2.56 bits per heavy atom. The Morgan fingerprint density at radius 1 is 1.25 bits per heavy atom. The second-order valence-electron chi connectivity index (χ2n) is 4.42. The number of hydrogen-bond acceptors (Lipinski definition) is 3. The van der Waals surface area contributed by atoms with E-state index in [1.165, 1.54) is 19.3 Å². The van der Waals surface area contributed by atoms with Crippen molar-refractivity contribution in [3.63, 3.8) is 0 Å². The van der Waals surface area contributed by atoms with Crippen LogP contribution in [0.15, 0.2) is 0 Å². The average molecular weight is 227 g/mol. The van der Waals surface area contributed by atoms with Gasteiger partial charge in [-0.1, -0.05) is 19.8 Å². The van der Waals surface area contributed by atoms with Gasteiger partial charge < -0.3 is 16.4 Å². The minimum Gasteiger partial charge on any atom is -0.352 e. The fraction of sp³-hybridized carbons (Fsp3) is 0.818. The molecule has 0 aromatic heterocycles. The van der Waals surface area contributed by atoms with Gasteiger partial charge in [-0.05, 0) is 18.8 Å². The fourth-order valence-corrected chi connectivity index (χ4v) is 2.04. The summed E-state index contributed by atoms with van der Waals surface area (Å²) < 4.78 is 0. The molecule has 4 N–H and O–H groups in total. The predicted molar refractivity (Wildman–Crippen MR) is 61.6 cm³/mol. The zero-order chi connectivity index (χ0) is 12.0. The highest BCUT2D eigenvalue weighted by Crippen LogP contribution is 2.23. The molecule has 2 atom stereocenters. The van der Waals surface area contributed by atoms with Crippen LogP contribution in [-0.4, -0.2) is 30.9 Å². The highest BCUT2D eigenvalue weighted by molar-refractivity contribution is 5.85. The number of nitrogens with one attached hydrogen (secondary N) is 2.